The first-order valence-corrected chi connectivity index (χ1v) is 11.4. The molecule has 0 saturated heterocycles. The molecule has 0 spiro atoms. The Morgan fingerprint density at radius 3 is 2.28 bits per heavy atom. The summed E-state index contributed by atoms with van der Waals surface area (Å²) in [5.74, 6) is 0. The monoisotopic (exact) mass is 423 g/mol. The Morgan fingerprint density at radius 1 is 0.781 bits per heavy atom. The van der Waals surface area contributed by atoms with E-state index in [9.17, 15) is 0 Å². The van der Waals surface area contributed by atoms with Gasteiger partial charge in [0.15, 0.2) is 6.20 Å². The van der Waals surface area contributed by atoms with Gasteiger partial charge in [0, 0.05) is 21.2 Å². The highest BCUT2D eigenvalue weighted by Gasteiger charge is 2.47. The summed E-state index contributed by atoms with van der Waals surface area (Å²) >= 11 is 0. The van der Waals surface area contributed by atoms with E-state index in [-0.39, 0.29) is 10.8 Å². The fourth-order valence-corrected chi connectivity index (χ4v) is 5.64. The third-order valence-electron chi connectivity index (χ3n) is 8.21. The fraction of sp³-hybridized carbons (Fsp3) is 0.323. The van der Waals surface area contributed by atoms with Gasteiger partial charge >= 0.3 is 0 Å². The number of hydrogen-bond donors (Lipinski definition) is 0. The van der Waals surface area contributed by atoms with Crippen LogP contribution in [0.1, 0.15) is 59.6 Å². The minimum Gasteiger partial charge on any atom is -0.201 e. The molecule has 1 aromatic heterocycles. The second-order valence-corrected chi connectivity index (χ2v) is 10.5. The predicted octanol–water partition coefficient (Wildman–Crippen LogP) is 7.49. The fourth-order valence-electron chi connectivity index (χ4n) is 5.64. The first kappa shape index (κ1) is 17.6. The maximum absolute atomic E-state index is 7.97. The van der Waals surface area contributed by atoms with Gasteiger partial charge in [0.1, 0.15) is 7.05 Å². The molecule has 1 aliphatic rings. The lowest BCUT2D eigenvalue weighted by atomic mass is 9.54. The van der Waals surface area contributed by atoms with Crippen molar-refractivity contribution in [2.75, 3.05) is 0 Å². The van der Waals surface area contributed by atoms with Crippen LogP contribution in [-0.2, 0) is 17.9 Å². The molecule has 0 aliphatic heterocycles. The molecule has 5 rings (SSSR count). The Kier molecular flexibility index (Phi) is 3.73. The molecule has 162 valence electrons. The van der Waals surface area contributed by atoms with Gasteiger partial charge in [-0.05, 0) is 70.3 Å². The van der Waals surface area contributed by atoms with E-state index in [2.05, 4.69) is 89.2 Å². The number of pyridine rings is 1. The third kappa shape index (κ3) is 2.67. The second-order valence-electron chi connectivity index (χ2n) is 10.5. The molecule has 0 saturated carbocycles. The maximum Gasteiger partial charge on any atom is 0.213 e. The quantitative estimate of drug-likeness (QED) is 0.279. The van der Waals surface area contributed by atoms with E-state index >= 15 is 0 Å². The summed E-state index contributed by atoms with van der Waals surface area (Å²) in [4.78, 5) is 0. The molecule has 32 heavy (non-hydrogen) atoms. The molecule has 1 aliphatic carbocycles. The Balaban J connectivity index is 1.93. The van der Waals surface area contributed by atoms with E-state index in [0.717, 1.165) is 11.3 Å². The molecule has 4 aromatic rings. The number of nitrogens with zero attached hydrogens (tertiary/aromatic N) is 1. The van der Waals surface area contributed by atoms with Gasteiger partial charge in [0.25, 0.3) is 0 Å². The van der Waals surface area contributed by atoms with Crippen LogP contribution < -0.4 is 4.57 Å². The van der Waals surface area contributed by atoms with Crippen molar-refractivity contribution in [1.82, 2.24) is 0 Å². The zero-order valence-corrected chi connectivity index (χ0v) is 20.2. The highest BCUT2D eigenvalue weighted by molar-refractivity contribution is 5.99. The van der Waals surface area contributed by atoms with E-state index in [1.54, 1.807) is 6.20 Å². The van der Waals surface area contributed by atoms with Gasteiger partial charge in [-0.3, -0.25) is 0 Å². The number of hydrogen-bond acceptors (Lipinski definition) is 0. The van der Waals surface area contributed by atoms with Crippen molar-refractivity contribution in [3.63, 3.8) is 0 Å². The van der Waals surface area contributed by atoms with E-state index in [1.165, 1.54) is 44.2 Å². The molecular formula is C31H34N+. The van der Waals surface area contributed by atoms with E-state index in [1.807, 2.05) is 18.5 Å². The summed E-state index contributed by atoms with van der Waals surface area (Å²) in [6, 6.07) is 19.8. The molecule has 0 amide bonds. The molecule has 0 radical (unpaired) electrons. The van der Waals surface area contributed by atoms with Gasteiger partial charge in [0.05, 0.1) is 5.56 Å². The van der Waals surface area contributed by atoms with Crippen molar-refractivity contribution in [3.05, 3.63) is 88.6 Å². The molecule has 0 fully saturated rings. The summed E-state index contributed by atoms with van der Waals surface area (Å²) in [5, 5.41) is 2.57. The van der Waals surface area contributed by atoms with Crippen molar-refractivity contribution < 1.29 is 8.68 Å². The summed E-state index contributed by atoms with van der Waals surface area (Å²) in [6.45, 7) is 11.4. The van der Waals surface area contributed by atoms with Gasteiger partial charge in [-0.25, -0.2) is 4.57 Å². The lowest BCUT2D eigenvalue weighted by molar-refractivity contribution is -0.660. The summed E-state index contributed by atoms with van der Waals surface area (Å²) < 4.78 is 25.9. The molecule has 1 heterocycles. The molecular weight excluding hydrogens is 386 g/mol. The van der Waals surface area contributed by atoms with Crippen molar-refractivity contribution in [3.8, 4) is 22.4 Å². The SMILES string of the molecule is [2H]C([2H])([2H])c1c[n+](C)c(-c2c(C)ccc3c2-c2ccc4ccccc4c2C(C)(C)C3(C)C)cc1C. The van der Waals surface area contributed by atoms with Crippen LogP contribution in [0, 0.1) is 20.7 Å². The number of benzene rings is 3. The van der Waals surface area contributed by atoms with Crippen LogP contribution in [0.4, 0.5) is 0 Å². The number of aryl methyl sites for hydroxylation is 4. The minimum absolute atomic E-state index is 0.0913. The second kappa shape index (κ2) is 6.78. The Labute approximate surface area is 197 Å². The Bertz CT molecular complexity index is 1510. The van der Waals surface area contributed by atoms with Crippen LogP contribution in [0.5, 0.6) is 0 Å². The van der Waals surface area contributed by atoms with Crippen molar-refractivity contribution in [1.29, 1.82) is 0 Å². The molecule has 0 atom stereocenters. The lowest BCUT2D eigenvalue weighted by Gasteiger charge is -2.49. The summed E-state index contributed by atoms with van der Waals surface area (Å²) in [7, 11) is 1.96. The minimum atomic E-state index is -2.14. The highest BCUT2D eigenvalue weighted by Crippen LogP contribution is 2.57. The van der Waals surface area contributed by atoms with Crippen LogP contribution in [0.2, 0.25) is 0 Å². The predicted molar refractivity (Wildman–Crippen MR) is 136 cm³/mol. The lowest BCUT2D eigenvalue weighted by Crippen LogP contribution is -2.44. The van der Waals surface area contributed by atoms with Gasteiger partial charge < -0.3 is 0 Å². The van der Waals surface area contributed by atoms with Crippen molar-refractivity contribution in [2.24, 2.45) is 7.05 Å². The molecule has 1 heteroatoms. The Morgan fingerprint density at radius 2 is 1.53 bits per heavy atom. The summed E-state index contributed by atoms with van der Waals surface area (Å²) in [5.41, 5.74) is 9.68. The third-order valence-corrected chi connectivity index (χ3v) is 8.21. The average molecular weight is 424 g/mol. The number of rotatable bonds is 1. The van der Waals surface area contributed by atoms with Crippen molar-refractivity contribution >= 4 is 10.8 Å². The van der Waals surface area contributed by atoms with Gasteiger partial charge in [0.2, 0.25) is 5.69 Å². The average Bonchev–Trinajstić information content (AvgIpc) is 2.77. The normalized spacial score (nSPS) is 17.8. The van der Waals surface area contributed by atoms with E-state index in [0.29, 0.717) is 5.56 Å². The molecule has 0 bridgehead atoms. The largest absolute Gasteiger partial charge is 0.213 e. The van der Waals surface area contributed by atoms with Crippen LogP contribution in [0.25, 0.3) is 33.2 Å². The zero-order valence-electron chi connectivity index (χ0n) is 23.2. The molecule has 3 aromatic carbocycles. The topological polar surface area (TPSA) is 3.88 Å². The smallest absolute Gasteiger partial charge is 0.201 e. The summed E-state index contributed by atoms with van der Waals surface area (Å²) in [6.07, 6.45) is 1.79. The van der Waals surface area contributed by atoms with Crippen molar-refractivity contribution in [2.45, 2.75) is 59.2 Å². The van der Waals surface area contributed by atoms with Gasteiger partial charge in [-0.2, -0.15) is 0 Å². The Hall–Kier alpha value is -2.93. The first-order valence-electron chi connectivity index (χ1n) is 12.9. The van der Waals surface area contributed by atoms with E-state index < -0.39 is 6.85 Å². The van der Waals surface area contributed by atoms with Crippen LogP contribution in [-0.4, -0.2) is 0 Å². The first-order chi connectivity index (χ1) is 16.3. The molecule has 0 N–H and O–H groups in total. The van der Waals surface area contributed by atoms with Crippen LogP contribution >= 0.6 is 0 Å². The molecule has 1 nitrogen and oxygen atoms in total. The molecule has 0 unspecified atom stereocenters. The highest BCUT2D eigenvalue weighted by atomic mass is 14.9. The van der Waals surface area contributed by atoms with Crippen LogP contribution in [0.3, 0.4) is 0 Å². The standard InChI is InChI=1S/C31H34N/c1-19-13-16-25-28(27(19)26-17-20(2)21(3)18-32(26)8)24-15-14-22-11-9-10-12-23(22)29(24)31(6,7)30(25,4)5/h9-18H,1-8H3/q+1/i3D3. The van der Waals surface area contributed by atoms with E-state index in [4.69, 9.17) is 4.11 Å². The van der Waals surface area contributed by atoms with Crippen LogP contribution in [0.15, 0.2) is 60.8 Å². The number of aromatic nitrogens is 1. The number of fused-ring (bicyclic) bond motifs is 5. The van der Waals surface area contributed by atoms with Gasteiger partial charge in [-0.1, -0.05) is 76.2 Å². The zero-order chi connectivity index (χ0) is 25.5. The van der Waals surface area contributed by atoms with Gasteiger partial charge in [-0.15, -0.1) is 0 Å². The maximum atomic E-state index is 7.97.